The predicted molar refractivity (Wildman–Crippen MR) is 86.7 cm³/mol. The molecular weight excluding hydrogens is 311 g/mol. The first kappa shape index (κ1) is 16.4. The monoisotopic (exact) mass is 332 g/mol. The van der Waals surface area contributed by atoms with Crippen molar-refractivity contribution < 1.29 is 13.9 Å². The van der Waals surface area contributed by atoms with Crippen molar-refractivity contribution in [3.8, 4) is 0 Å². The SMILES string of the molecule is Cn1cncc1[C@H]1C[C@H](NC(=O)NCc2ccccc2F)CCO1. The van der Waals surface area contributed by atoms with E-state index in [1.54, 1.807) is 30.7 Å². The first-order chi connectivity index (χ1) is 11.6. The van der Waals surface area contributed by atoms with Crippen LogP contribution in [0.1, 0.15) is 30.2 Å². The largest absolute Gasteiger partial charge is 0.372 e. The second-order valence-corrected chi connectivity index (χ2v) is 5.93. The number of carbonyl (C=O) groups is 1. The van der Waals surface area contributed by atoms with Gasteiger partial charge in [-0.3, -0.25) is 0 Å². The van der Waals surface area contributed by atoms with Crippen molar-refractivity contribution in [3.05, 3.63) is 53.9 Å². The molecule has 7 heteroatoms. The van der Waals surface area contributed by atoms with Crippen molar-refractivity contribution in [2.75, 3.05) is 6.61 Å². The number of benzene rings is 1. The molecule has 6 nitrogen and oxygen atoms in total. The zero-order valence-corrected chi connectivity index (χ0v) is 13.5. The molecule has 0 spiro atoms. The number of amides is 2. The molecule has 24 heavy (non-hydrogen) atoms. The standard InChI is InChI=1S/C17H21FN4O2/c1-22-11-19-10-15(22)16-8-13(6-7-24-16)21-17(23)20-9-12-4-2-3-5-14(12)18/h2-5,10-11,13,16H,6-9H2,1H3,(H2,20,21,23)/t13-,16-/m1/s1. The van der Waals surface area contributed by atoms with Crippen molar-refractivity contribution >= 4 is 6.03 Å². The van der Waals surface area contributed by atoms with Gasteiger partial charge in [0.1, 0.15) is 11.9 Å². The van der Waals surface area contributed by atoms with Gasteiger partial charge < -0.3 is 19.9 Å². The number of urea groups is 1. The van der Waals surface area contributed by atoms with E-state index in [1.807, 2.05) is 11.6 Å². The van der Waals surface area contributed by atoms with Crippen LogP contribution in [0.15, 0.2) is 36.8 Å². The number of nitrogens with one attached hydrogen (secondary N) is 2. The molecule has 1 fully saturated rings. The van der Waals surface area contributed by atoms with Crippen LogP contribution in [0.5, 0.6) is 0 Å². The molecule has 0 radical (unpaired) electrons. The number of halogens is 1. The molecule has 1 aliphatic rings. The highest BCUT2D eigenvalue weighted by molar-refractivity contribution is 5.74. The number of nitrogens with zero attached hydrogens (tertiary/aromatic N) is 2. The minimum atomic E-state index is -0.319. The van der Waals surface area contributed by atoms with Gasteiger partial charge in [0, 0.05) is 31.8 Å². The summed E-state index contributed by atoms with van der Waals surface area (Å²) in [5.41, 5.74) is 1.46. The molecule has 1 aromatic heterocycles. The van der Waals surface area contributed by atoms with E-state index in [9.17, 15) is 9.18 Å². The molecule has 1 aromatic carbocycles. The maximum atomic E-state index is 13.5. The second kappa shape index (κ2) is 7.44. The van der Waals surface area contributed by atoms with Crippen LogP contribution >= 0.6 is 0 Å². The van der Waals surface area contributed by atoms with E-state index < -0.39 is 0 Å². The normalized spacial score (nSPS) is 20.6. The Morgan fingerprint density at radius 3 is 3.04 bits per heavy atom. The molecule has 2 N–H and O–H groups in total. The Morgan fingerprint density at radius 1 is 1.46 bits per heavy atom. The number of imidazole rings is 1. The maximum absolute atomic E-state index is 13.5. The number of hydrogen-bond donors (Lipinski definition) is 2. The fourth-order valence-corrected chi connectivity index (χ4v) is 2.87. The van der Waals surface area contributed by atoms with E-state index >= 15 is 0 Å². The van der Waals surface area contributed by atoms with Crippen LogP contribution < -0.4 is 10.6 Å². The third kappa shape index (κ3) is 3.91. The predicted octanol–water partition coefficient (Wildman–Crippen LogP) is 2.28. The van der Waals surface area contributed by atoms with Crippen molar-refractivity contribution in [1.29, 1.82) is 0 Å². The molecular formula is C17H21FN4O2. The van der Waals surface area contributed by atoms with Crippen LogP contribution in [-0.2, 0) is 18.3 Å². The Labute approximate surface area is 140 Å². The molecule has 2 aromatic rings. The van der Waals surface area contributed by atoms with E-state index in [0.717, 1.165) is 12.1 Å². The molecule has 2 atom stereocenters. The van der Waals surface area contributed by atoms with E-state index in [-0.39, 0.29) is 30.5 Å². The molecule has 0 bridgehead atoms. The summed E-state index contributed by atoms with van der Waals surface area (Å²) in [6, 6.07) is 6.12. The van der Waals surface area contributed by atoms with Gasteiger partial charge in [0.25, 0.3) is 0 Å². The highest BCUT2D eigenvalue weighted by atomic mass is 19.1. The van der Waals surface area contributed by atoms with Gasteiger partial charge in [-0.15, -0.1) is 0 Å². The third-order valence-electron chi connectivity index (χ3n) is 4.20. The first-order valence-electron chi connectivity index (χ1n) is 7.99. The zero-order valence-electron chi connectivity index (χ0n) is 13.5. The quantitative estimate of drug-likeness (QED) is 0.902. The topological polar surface area (TPSA) is 68.2 Å². The van der Waals surface area contributed by atoms with E-state index in [4.69, 9.17) is 4.74 Å². The van der Waals surface area contributed by atoms with Crippen LogP contribution in [0.3, 0.4) is 0 Å². The highest BCUT2D eigenvalue weighted by Crippen LogP contribution is 2.27. The van der Waals surface area contributed by atoms with E-state index in [2.05, 4.69) is 15.6 Å². The third-order valence-corrected chi connectivity index (χ3v) is 4.20. The lowest BCUT2D eigenvalue weighted by Crippen LogP contribution is -2.44. The van der Waals surface area contributed by atoms with Crippen LogP contribution in [0.4, 0.5) is 9.18 Å². The van der Waals surface area contributed by atoms with Crippen molar-refractivity contribution in [1.82, 2.24) is 20.2 Å². The minimum absolute atomic E-state index is 0.0132. The summed E-state index contributed by atoms with van der Waals surface area (Å²) in [6.45, 7) is 0.737. The minimum Gasteiger partial charge on any atom is -0.372 e. The Hall–Kier alpha value is -2.41. The van der Waals surface area contributed by atoms with Crippen molar-refractivity contribution in [2.24, 2.45) is 7.05 Å². The Bertz CT molecular complexity index is 703. The van der Waals surface area contributed by atoms with Gasteiger partial charge in [0.05, 0.1) is 18.2 Å². The lowest BCUT2D eigenvalue weighted by atomic mass is 10.0. The molecule has 0 saturated carbocycles. The molecule has 1 aliphatic heterocycles. The second-order valence-electron chi connectivity index (χ2n) is 5.93. The number of hydrogen-bond acceptors (Lipinski definition) is 3. The van der Waals surface area contributed by atoms with Crippen LogP contribution in [-0.4, -0.2) is 28.2 Å². The lowest BCUT2D eigenvalue weighted by Gasteiger charge is -2.30. The highest BCUT2D eigenvalue weighted by Gasteiger charge is 2.26. The fraction of sp³-hybridized carbons (Fsp3) is 0.412. The lowest BCUT2D eigenvalue weighted by molar-refractivity contribution is -0.00178. The summed E-state index contributed by atoms with van der Waals surface area (Å²) in [6.07, 6.45) is 4.87. The molecule has 3 rings (SSSR count). The van der Waals surface area contributed by atoms with Crippen molar-refractivity contribution in [3.63, 3.8) is 0 Å². The van der Waals surface area contributed by atoms with Crippen LogP contribution in [0.25, 0.3) is 0 Å². The molecule has 1 saturated heterocycles. The van der Waals surface area contributed by atoms with Gasteiger partial charge >= 0.3 is 6.03 Å². The summed E-state index contributed by atoms with van der Waals surface area (Å²) in [5, 5.41) is 5.64. The fourth-order valence-electron chi connectivity index (χ4n) is 2.87. The number of rotatable bonds is 4. The Morgan fingerprint density at radius 2 is 2.29 bits per heavy atom. The number of ether oxygens (including phenoxy) is 1. The van der Waals surface area contributed by atoms with Gasteiger partial charge in [-0.05, 0) is 18.9 Å². The Balaban J connectivity index is 1.51. The number of carbonyl (C=O) groups excluding carboxylic acids is 1. The summed E-state index contributed by atoms with van der Waals surface area (Å²) in [5.74, 6) is -0.319. The molecule has 0 aliphatic carbocycles. The number of aryl methyl sites for hydroxylation is 1. The summed E-state index contributed by atoms with van der Waals surface area (Å²) in [4.78, 5) is 16.2. The van der Waals surface area contributed by atoms with Gasteiger partial charge in [0.2, 0.25) is 0 Å². The summed E-state index contributed by atoms with van der Waals surface area (Å²) in [7, 11) is 1.92. The zero-order chi connectivity index (χ0) is 16.9. The van der Waals surface area contributed by atoms with Gasteiger partial charge in [-0.1, -0.05) is 18.2 Å². The van der Waals surface area contributed by atoms with Crippen LogP contribution in [0, 0.1) is 5.82 Å². The maximum Gasteiger partial charge on any atom is 0.315 e. The Kier molecular flexibility index (Phi) is 5.10. The summed E-state index contributed by atoms with van der Waals surface area (Å²) >= 11 is 0. The average Bonchev–Trinajstić information content (AvgIpc) is 3.00. The average molecular weight is 332 g/mol. The summed E-state index contributed by atoms with van der Waals surface area (Å²) < 4.78 is 21.2. The van der Waals surface area contributed by atoms with Crippen molar-refractivity contribution in [2.45, 2.75) is 31.5 Å². The van der Waals surface area contributed by atoms with E-state index in [0.29, 0.717) is 18.6 Å². The molecule has 2 heterocycles. The molecule has 128 valence electrons. The number of aromatic nitrogens is 2. The van der Waals surface area contributed by atoms with Gasteiger partial charge in [-0.2, -0.15) is 0 Å². The van der Waals surface area contributed by atoms with Crippen LogP contribution in [0.2, 0.25) is 0 Å². The smallest absolute Gasteiger partial charge is 0.315 e. The van der Waals surface area contributed by atoms with Gasteiger partial charge in [-0.25, -0.2) is 14.2 Å². The van der Waals surface area contributed by atoms with E-state index in [1.165, 1.54) is 6.07 Å². The molecule has 2 amide bonds. The first-order valence-corrected chi connectivity index (χ1v) is 7.99. The van der Waals surface area contributed by atoms with Gasteiger partial charge in [0.15, 0.2) is 0 Å². The molecule has 0 unspecified atom stereocenters.